The molecule has 0 rings (SSSR count). The third-order valence-electron chi connectivity index (χ3n) is 1.63. The Kier molecular flexibility index (Phi) is 6.37. The van der Waals surface area contributed by atoms with Gasteiger partial charge >= 0.3 is 11.9 Å². The first kappa shape index (κ1) is 13.6. The van der Waals surface area contributed by atoms with Crippen molar-refractivity contribution in [3.05, 3.63) is 11.6 Å². The fraction of sp³-hybridized carbons (Fsp3) is 0.600. The molecule has 0 aromatic heterocycles. The zero-order valence-electron chi connectivity index (χ0n) is 9.15. The van der Waals surface area contributed by atoms with Crippen molar-refractivity contribution in [3.8, 4) is 0 Å². The molecule has 0 saturated carbocycles. The molecule has 0 aromatic rings. The fourth-order valence-corrected chi connectivity index (χ4v) is 0.950. The number of carbonyl (C=O) groups excluding carboxylic acids is 2. The van der Waals surface area contributed by atoms with Gasteiger partial charge in [-0.2, -0.15) is 0 Å². The van der Waals surface area contributed by atoms with Crippen molar-refractivity contribution in [1.29, 1.82) is 0 Å². The number of rotatable bonds is 5. The van der Waals surface area contributed by atoms with Crippen molar-refractivity contribution in [2.75, 3.05) is 13.2 Å². The Morgan fingerprint density at radius 3 is 2.20 bits per heavy atom. The first-order valence-electron chi connectivity index (χ1n) is 4.76. The number of aliphatic hydroxyl groups is 1. The van der Waals surface area contributed by atoms with E-state index < -0.39 is 18.0 Å². The molecule has 1 atom stereocenters. The summed E-state index contributed by atoms with van der Waals surface area (Å²) in [4.78, 5) is 22.4. The average Bonchev–Trinajstić information content (AvgIpc) is 2.19. The van der Waals surface area contributed by atoms with Crippen LogP contribution in [0.2, 0.25) is 0 Å². The summed E-state index contributed by atoms with van der Waals surface area (Å²) in [6.45, 7) is 5.13. The molecule has 0 aliphatic carbocycles. The van der Waals surface area contributed by atoms with Gasteiger partial charge in [0.25, 0.3) is 0 Å². The molecule has 0 radical (unpaired) electrons. The highest BCUT2D eigenvalue weighted by Crippen LogP contribution is 2.07. The quantitative estimate of drug-likeness (QED) is 0.532. The van der Waals surface area contributed by atoms with Crippen LogP contribution in [0.4, 0.5) is 0 Å². The number of esters is 2. The minimum atomic E-state index is -1.58. The third-order valence-corrected chi connectivity index (χ3v) is 1.63. The molecule has 15 heavy (non-hydrogen) atoms. The number of hydrogen-bond acceptors (Lipinski definition) is 5. The van der Waals surface area contributed by atoms with E-state index in [-0.39, 0.29) is 18.8 Å². The maximum Gasteiger partial charge on any atom is 0.339 e. The van der Waals surface area contributed by atoms with Gasteiger partial charge in [0.1, 0.15) is 0 Å². The van der Waals surface area contributed by atoms with Crippen molar-refractivity contribution >= 4 is 11.9 Å². The summed E-state index contributed by atoms with van der Waals surface area (Å²) in [5.74, 6) is -1.56. The van der Waals surface area contributed by atoms with Crippen LogP contribution in [-0.2, 0) is 19.1 Å². The van der Waals surface area contributed by atoms with Gasteiger partial charge in [-0.15, -0.1) is 0 Å². The molecule has 86 valence electrons. The number of aliphatic hydroxyl groups excluding tert-OH is 1. The Morgan fingerprint density at radius 1 is 1.27 bits per heavy atom. The molecule has 0 spiro atoms. The summed E-state index contributed by atoms with van der Waals surface area (Å²) < 4.78 is 9.25. The van der Waals surface area contributed by atoms with E-state index in [0.29, 0.717) is 0 Å². The van der Waals surface area contributed by atoms with E-state index in [1.807, 2.05) is 0 Å². The molecule has 0 aromatic carbocycles. The predicted octanol–water partition coefficient (Wildman–Crippen LogP) is 0.420. The number of hydrogen-bond donors (Lipinski definition) is 1. The minimum Gasteiger partial charge on any atom is -0.464 e. The fourth-order valence-electron chi connectivity index (χ4n) is 0.950. The predicted molar refractivity (Wildman–Crippen MR) is 53.0 cm³/mol. The lowest BCUT2D eigenvalue weighted by Crippen LogP contribution is -2.29. The average molecular weight is 216 g/mol. The smallest absolute Gasteiger partial charge is 0.339 e. The van der Waals surface area contributed by atoms with Gasteiger partial charge in [-0.3, -0.25) is 0 Å². The topological polar surface area (TPSA) is 72.8 Å². The van der Waals surface area contributed by atoms with Crippen LogP contribution in [0.3, 0.4) is 0 Å². The number of carbonyl (C=O) groups is 2. The second-order valence-corrected chi connectivity index (χ2v) is 2.62. The molecule has 0 unspecified atom stereocenters. The highest BCUT2D eigenvalue weighted by atomic mass is 16.6. The second-order valence-electron chi connectivity index (χ2n) is 2.62. The Bertz CT molecular complexity index is 257. The Morgan fingerprint density at radius 2 is 1.80 bits per heavy atom. The van der Waals surface area contributed by atoms with E-state index in [9.17, 15) is 14.7 Å². The van der Waals surface area contributed by atoms with Crippen LogP contribution in [0.1, 0.15) is 20.8 Å². The molecular formula is C10H16O5. The zero-order chi connectivity index (χ0) is 11.8. The van der Waals surface area contributed by atoms with Gasteiger partial charge in [0.2, 0.25) is 0 Å². The van der Waals surface area contributed by atoms with Crippen LogP contribution in [0.25, 0.3) is 0 Å². The molecule has 0 amide bonds. The molecule has 5 nitrogen and oxygen atoms in total. The summed E-state index contributed by atoms with van der Waals surface area (Å²) in [5, 5.41) is 9.46. The highest BCUT2D eigenvalue weighted by Gasteiger charge is 2.26. The van der Waals surface area contributed by atoms with E-state index in [4.69, 9.17) is 0 Å². The lowest BCUT2D eigenvalue weighted by atomic mass is 10.1. The standard InChI is InChI=1S/C10H16O5/c1-4-7(9(12)14-5-2)8(11)10(13)15-6-3/h4,8,11H,5-6H2,1-3H3/b7-4+/t8-/m1/s1. The number of allylic oxidation sites excluding steroid dienone is 1. The van der Waals surface area contributed by atoms with Crippen molar-refractivity contribution in [2.24, 2.45) is 0 Å². The maximum absolute atomic E-state index is 11.3. The molecule has 1 N–H and O–H groups in total. The molecule has 0 aliphatic heterocycles. The van der Waals surface area contributed by atoms with Gasteiger partial charge in [0, 0.05) is 0 Å². The first-order valence-corrected chi connectivity index (χ1v) is 4.76. The summed E-state index contributed by atoms with van der Waals surface area (Å²) in [6.07, 6.45) is -0.242. The van der Waals surface area contributed by atoms with E-state index in [1.165, 1.54) is 13.0 Å². The number of ether oxygens (including phenoxy) is 2. The van der Waals surface area contributed by atoms with Gasteiger partial charge in [0.05, 0.1) is 18.8 Å². The highest BCUT2D eigenvalue weighted by molar-refractivity contribution is 5.96. The summed E-state index contributed by atoms with van der Waals surface area (Å²) in [6, 6.07) is 0. The van der Waals surface area contributed by atoms with Gasteiger partial charge in [-0.25, -0.2) is 9.59 Å². The van der Waals surface area contributed by atoms with E-state index >= 15 is 0 Å². The minimum absolute atomic E-state index is 0.102. The monoisotopic (exact) mass is 216 g/mol. The molecular weight excluding hydrogens is 200 g/mol. The molecule has 0 saturated heterocycles. The summed E-state index contributed by atoms with van der Waals surface area (Å²) >= 11 is 0. The van der Waals surface area contributed by atoms with E-state index in [0.717, 1.165) is 0 Å². The van der Waals surface area contributed by atoms with Gasteiger partial charge in [-0.05, 0) is 20.8 Å². The van der Waals surface area contributed by atoms with Gasteiger partial charge < -0.3 is 14.6 Å². The first-order chi connectivity index (χ1) is 7.08. The van der Waals surface area contributed by atoms with Crippen molar-refractivity contribution < 1.29 is 24.2 Å². The third kappa shape index (κ3) is 4.12. The van der Waals surface area contributed by atoms with Crippen LogP contribution in [0.15, 0.2) is 11.6 Å². The van der Waals surface area contributed by atoms with Gasteiger partial charge in [0.15, 0.2) is 6.10 Å². The summed E-state index contributed by atoms with van der Waals surface area (Å²) in [7, 11) is 0. The molecule has 0 fully saturated rings. The Hall–Kier alpha value is -1.36. The van der Waals surface area contributed by atoms with Crippen LogP contribution >= 0.6 is 0 Å². The van der Waals surface area contributed by atoms with Crippen LogP contribution in [-0.4, -0.2) is 36.4 Å². The molecule has 0 aliphatic rings. The summed E-state index contributed by atoms with van der Waals surface area (Å²) in [5.41, 5.74) is -0.102. The van der Waals surface area contributed by atoms with Crippen LogP contribution in [0, 0.1) is 0 Å². The largest absolute Gasteiger partial charge is 0.464 e. The second kappa shape index (κ2) is 7.00. The molecule has 5 heteroatoms. The SMILES string of the molecule is C/C=C(/C(=O)OCC)[C@@H](O)C(=O)OCC. The lowest BCUT2D eigenvalue weighted by Gasteiger charge is -2.12. The van der Waals surface area contributed by atoms with Crippen molar-refractivity contribution in [1.82, 2.24) is 0 Å². The van der Waals surface area contributed by atoms with Crippen LogP contribution < -0.4 is 0 Å². The normalized spacial score (nSPS) is 13.2. The zero-order valence-corrected chi connectivity index (χ0v) is 9.15. The molecule has 0 bridgehead atoms. The van der Waals surface area contributed by atoms with Crippen LogP contribution in [0.5, 0.6) is 0 Å². The maximum atomic E-state index is 11.3. The van der Waals surface area contributed by atoms with Crippen molar-refractivity contribution in [3.63, 3.8) is 0 Å². The molecule has 0 heterocycles. The Labute approximate surface area is 88.7 Å². The van der Waals surface area contributed by atoms with E-state index in [1.54, 1.807) is 13.8 Å². The lowest BCUT2D eigenvalue weighted by molar-refractivity contribution is -0.154. The van der Waals surface area contributed by atoms with E-state index in [2.05, 4.69) is 9.47 Å². The Balaban J connectivity index is 4.55. The van der Waals surface area contributed by atoms with Gasteiger partial charge in [-0.1, -0.05) is 6.08 Å². The van der Waals surface area contributed by atoms with Crippen molar-refractivity contribution in [2.45, 2.75) is 26.9 Å².